The molecule has 0 radical (unpaired) electrons. The highest BCUT2D eigenvalue weighted by Crippen LogP contribution is 2.33. The van der Waals surface area contributed by atoms with Gasteiger partial charge in [0.1, 0.15) is 5.25 Å². The Morgan fingerprint density at radius 1 is 1.41 bits per heavy atom. The van der Waals surface area contributed by atoms with Gasteiger partial charge >= 0.3 is 12.1 Å². The molecule has 0 spiro atoms. The molecule has 9 heteroatoms. The second kappa shape index (κ2) is 7.73. The molecular weight excluding hydrogens is 343 g/mol. The minimum Gasteiger partial charge on any atom is -0.468 e. The van der Waals surface area contributed by atoms with Gasteiger partial charge in [0, 0.05) is 0 Å². The van der Waals surface area contributed by atoms with Crippen molar-refractivity contribution in [2.24, 2.45) is 0 Å². The molecule has 22 heavy (non-hydrogen) atoms. The number of alkyl halides is 3. The van der Waals surface area contributed by atoms with E-state index < -0.39 is 28.9 Å². The number of carbonyl (C=O) groups is 2. The number of anilines is 1. The average Bonchev–Trinajstić information content (AvgIpc) is 2.44. The van der Waals surface area contributed by atoms with Crippen molar-refractivity contribution < 1.29 is 27.5 Å². The van der Waals surface area contributed by atoms with E-state index in [1.807, 2.05) is 0 Å². The maximum Gasteiger partial charge on any atom is 0.416 e. The van der Waals surface area contributed by atoms with Crippen molar-refractivity contribution in [2.45, 2.75) is 18.3 Å². The molecule has 122 valence electrons. The summed E-state index contributed by atoms with van der Waals surface area (Å²) in [4.78, 5) is 22.9. The van der Waals surface area contributed by atoms with Gasteiger partial charge in [-0.3, -0.25) is 9.59 Å². The summed E-state index contributed by atoms with van der Waals surface area (Å²) in [6.07, 6.45) is -4.53. The molecule has 1 N–H and O–H groups in total. The van der Waals surface area contributed by atoms with Crippen LogP contribution in [-0.2, 0) is 20.5 Å². The number of hydrogen-bond acceptors (Lipinski definition) is 4. The maximum atomic E-state index is 12.6. The second-order valence-corrected chi connectivity index (χ2v) is 5.95. The molecule has 0 saturated heterocycles. The lowest BCUT2D eigenvalue weighted by Gasteiger charge is -2.12. The zero-order chi connectivity index (χ0) is 16.9. The summed E-state index contributed by atoms with van der Waals surface area (Å²) in [5.74, 6) is -1.18. The van der Waals surface area contributed by atoms with E-state index >= 15 is 0 Å². The Bertz CT molecular complexity index is 566. The summed E-state index contributed by atoms with van der Waals surface area (Å²) in [5, 5.41) is 1.72. The first-order chi connectivity index (χ1) is 10.1. The van der Waals surface area contributed by atoms with Crippen molar-refractivity contribution >= 4 is 40.9 Å². The summed E-state index contributed by atoms with van der Waals surface area (Å²) in [7, 11) is 1.22. The molecule has 0 bridgehead atoms. The van der Waals surface area contributed by atoms with Gasteiger partial charge < -0.3 is 10.1 Å². The Labute approximate surface area is 134 Å². The maximum absolute atomic E-state index is 12.6. The van der Waals surface area contributed by atoms with E-state index in [4.69, 9.17) is 11.6 Å². The van der Waals surface area contributed by atoms with Crippen LogP contribution in [0.2, 0.25) is 5.02 Å². The highest BCUT2D eigenvalue weighted by atomic mass is 35.5. The molecule has 0 fully saturated rings. The molecule has 0 aliphatic heterocycles. The summed E-state index contributed by atoms with van der Waals surface area (Å²) in [6, 6.07) is 2.64. The van der Waals surface area contributed by atoms with Crippen LogP contribution in [0.4, 0.5) is 18.9 Å². The largest absolute Gasteiger partial charge is 0.468 e. The fraction of sp³-hybridized carbons (Fsp3) is 0.385. The summed E-state index contributed by atoms with van der Waals surface area (Å²) in [5.41, 5.74) is -1.05. The van der Waals surface area contributed by atoms with Crippen LogP contribution in [0.5, 0.6) is 0 Å². The van der Waals surface area contributed by atoms with Crippen LogP contribution in [0.15, 0.2) is 18.2 Å². The molecule has 1 unspecified atom stereocenters. The van der Waals surface area contributed by atoms with Crippen LogP contribution >= 0.6 is 23.4 Å². The minimum absolute atomic E-state index is 0.00707. The number of methoxy groups -OCH3 is 1. The van der Waals surface area contributed by atoms with E-state index in [-0.39, 0.29) is 16.5 Å². The zero-order valence-corrected chi connectivity index (χ0v) is 13.2. The summed E-state index contributed by atoms with van der Waals surface area (Å²) >= 11 is 6.76. The lowest BCUT2D eigenvalue weighted by molar-refractivity contribution is -0.139. The van der Waals surface area contributed by atoms with Crippen LogP contribution in [0.3, 0.4) is 0 Å². The monoisotopic (exact) mass is 355 g/mol. The van der Waals surface area contributed by atoms with Gasteiger partial charge in [0.15, 0.2) is 0 Å². The van der Waals surface area contributed by atoms with E-state index in [0.29, 0.717) is 0 Å². The molecule has 1 rings (SSSR count). The Balaban J connectivity index is 2.70. The molecule has 1 atom stereocenters. The van der Waals surface area contributed by atoms with Crippen molar-refractivity contribution in [3.8, 4) is 0 Å². The lowest BCUT2D eigenvalue weighted by atomic mass is 10.2. The number of nitrogens with one attached hydrogen (secondary N) is 1. The van der Waals surface area contributed by atoms with Gasteiger partial charge in [-0.1, -0.05) is 11.6 Å². The first-order valence-corrected chi connectivity index (χ1v) is 7.44. The Kier molecular flexibility index (Phi) is 6.55. The number of ether oxygens (including phenoxy) is 1. The number of hydrogen-bond donors (Lipinski definition) is 1. The van der Waals surface area contributed by atoms with Gasteiger partial charge in [-0.15, -0.1) is 11.8 Å². The first kappa shape index (κ1) is 18.6. The third kappa shape index (κ3) is 5.42. The molecule has 0 aliphatic rings. The summed E-state index contributed by atoms with van der Waals surface area (Å²) < 4.78 is 42.3. The van der Waals surface area contributed by atoms with Crippen molar-refractivity contribution in [3.63, 3.8) is 0 Å². The van der Waals surface area contributed by atoms with Gasteiger partial charge in [0.05, 0.1) is 29.1 Å². The Hall–Kier alpha value is -1.41. The van der Waals surface area contributed by atoms with Gasteiger partial charge in [0.2, 0.25) is 5.91 Å². The highest BCUT2D eigenvalue weighted by Gasteiger charge is 2.31. The molecule has 0 aliphatic carbocycles. The number of thioether (sulfide) groups is 1. The third-order valence-electron chi connectivity index (χ3n) is 2.57. The van der Waals surface area contributed by atoms with Crippen LogP contribution in [-0.4, -0.2) is 30.0 Å². The average molecular weight is 356 g/mol. The minimum atomic E-state index is -4.53. The topological polar surface area (TPSA) is 55.4 Å². The quantitative estimate of drug-likeness (QED) is 0.820. The molecule has 0 saturated carbocycles. The first-order valence-electron chi connectivity index (χ1n) is 6.01. The summed E-state index contributed by atoms with van der Waals surface area (Å²) in [6.45, 7) is 1.56. The van der Waals surface area contributed by atoms with E-state index in [9.17, 15) is 22.8 Å². The van der Waals surface area contributed by atoms with Gasteiger partial charge in [-0.2, -0.15) is 13.2 Å². The van der Waals surface area contributed by atoms with E-state index in [0.717, 1.165) is 30.0 Å². The second-order valence-electron chi connectivity index (χ2n) is 4.22. The predicted molar refractivity (Wildman–Crippen MR) is 79.0 cm³/mol. The fourth-order valence-electron chi connectivity index (χ4n) is 1.42. The fourth-order valence-corrected chi connectivity index (χ4v) is 2.29. The molecular formula is C13H13ClF3NO3S. The van der Waals surface area contributed by atoms with Crippen LogP contribution in [0.25, 0.3) is 0 Å². The normalized spacial score (nSPS) is 12.6. The predicted octanol–water partition coefficient (Wildman–Crippen LogP) is 3.59. The number of amides is 1. The van der Waals surface area contributed by atoms with Crippen molar-refractivity contribution in [3.05, 3.63) is 28.8 Å². The third-order valence-corrected chi connectivity index (χ3v) is 4.02. The van der Waals surface area contributed by atoms with Crippen molar-refractivity contribution in [2.75, 3.05) is 18.2 Å². The Morgan fingerprint density at radius 2 is 2.05 bits per heavy atom. The number of carbonyl (C=O) groups excluding carboxylic acids is 2. The molecule has 0 aromatic heterocycles. The number of benzene rings is 1. The lowest BCUT2D eigenvalue weighted by Crippen LogP contribution is -2.20. The molecule has 4 nitrogen and oxygen atoms in total. The van der Waals surface area contributed by atoms with E-state index in [1.165, 1.54) is 7.11 Å². The Morgan fingerprint density at radius 3 is 2.59 bits per heavy atom. The zero-order valence-electron chi connectivity index (χ0n) is 11.7. The van der Waals surface area contributed by atoms with Gasteiger partial charge in [-0.05, 0) is 25.1 Å². The molecule has 1 aromatic carbocycles. The number of esters is 1. The molecule has 0 heterocycles. The van der Waals surface area contributed by atoms with Crippen LogP contribution in [0.1, 0.15) is 12.5 Å². The standard InChI is InChI=1S/C13H13ClF3NO3S/c1-7(12(20)21-2)22-6-11(19)18-10-5-8(13(15,16)17)3-4-9(10)14/h3-5,7H,6H2,1-2H3,(H,18,19). The van der Waals surface area contributed by atoms with E-state index in [2.05, 4.69) is 10.1 Å². The smallest absolute Gasteiger partial charge is 0.416 e. The number of rotatable bonds is 5. The van der Waals surface area contributed by atoms with Crippen LogP contribution in [0, 0.1) is 0 Å². The SMILES string of the molecule is COC(=O)C(C)SCC(=O)Nc1cc(C(F)(F)F)ccc1Cl. The van der Waals surface area contributed by atoms with Gasteiger partial charge in [-0.25, -0.2) is 0 Å². The molecule has 1 amide bonds. The number of halogens is 4. The molecule has 1 aromatic rings. The van der Waals surface area contributed by atoms with Crippen LogP contribution < -0.4 is 5.32 Å². The van der Waals surface area contributed by atoms with Gasteiger partial charge in [0.25, 0.3) is 0 Å². The van der Waals surface area contributed by atoms with Crippen molar-refractivity contribution in [1.82, 2.24) is 0 Å². The van der Waals surface area contributed by atoms with E-state index in [1.54, 1.807) is 6.92 Å². The van der Waals surface area contributed by atoms with Crippen molar-refractivity contribution in [1.29, 1.82) is 0 Å². The highest BCUT2D eigenvalue weighted by molar-refractivity contribution is 8.01.